The Morgan fingerprint density at radius 1 is 1.24 bits per heavy atom. The molecule has 3 aromatic rings. The number of morpholine rings is 1. The van der Waals surface area contributed by atoms with Gasteiger partial charge in [0, 0.05) is 65.8 Å². The summed E-state index contributed by atoms with van der Waals surface area (Å²) in [5, 5.41) is 7.88. The SMILES string of the molecule is Cc1nc2c(N)cc(N3CCOCC3)nn2c1Nc1cccc(C(F)(F)F)c1CN1CCC(S(C)=O)C1. The molecular formula is C24H30F3N7O2S. The van der Waals surface area contributed by atoms with E-state index in [0.29, 0.717) is 80.2 Å². The van der Waals surface area contributed by atoms with E-state index in [1.54, 1.807) is 29.8 Å². The highest BCUT2D eigenvalue weighted by Crippen LogP contribution is 2.38. The third-order valence-electron chi connectivity index (χ3n) is 6.92. The van der Waals surface area contributed by atoms with Crippen LogP contribution in [-0.2, 0) is 28.3 Å². The van der Waals surface area contributed by atoms with E-state index >= 15 is 0 Å². The van der Waals surface area contributed by atoms with Crippen LogP contribution in [0.1, 0.15) is 23.2 Å². The molecule has 0 saturated carbocycles. The van der Waals surface area contributed by atoms with Gasteiger partial charge in [-0.1, -0.05) is 6.07 Å². The zero-order valence-corrected chi connectivity index (χ0v) is 21.5. The van der Waals surface area contributed by atoms with Crippen molar-refractivity contribution in [2.24, 2.45) is 0 Å². The van der Waals surface area contributed by atoms with E-state index in [-0.39, 0.29) is 17.4 Å². The summed E-state index contributed by atoms with van der Waals surface area (Å²) in [5.41, 5.74) is 7.46. The number of nitrogens with one attached hydrogen (secondary N) is 1. The second kappa shape index (κ2) is 10.1. The number of fused-ring (bicyclic) bond motifs is 1. The third kappa shape index (κ3) is 5.25. The van der Waals surface area contributed by atoms with Crippen LogP contribution in [0.2, 0.25) is 0 Å². The number of hydrogen-bond acceptors (Lipinski definition) is 8. The largest absolute Gasteiger partial charge is 0.416 e. The molecule has 2 saturated heterocycles. The second-order valence-electron chi connectivity index (χ2n) is 9.44. The van der Waals surface area contributed by atoms with Crippen molar-refractivity contribution in [2.45, 2.75) is 31.3 Å². The van der Waals surface area contributed by atoms with Crippen LogP contribution in [-0.4, -0.2) is 74.6 Å². The van der Waals surface area contributed by atoms with Gasteiger partial charge in [0.05, 0.1) is 30.2 Å². The molecule has 200 valence electrons. The summed E-state index contributed by atoms with van der Waals surface area (Å²) in [6.07, 6.45) is -2.19. The molecule has 9 nitrogen and oxygen atoms in total. The molecule has 0 aliphatic carbocycles. The standard InChI is InChI=1S/C24H30F3N7O2S/c1-15-22(34-23(29-15)19(28)12-21(31-34)33-8-10-36-11-9-33)30-20-5-3-4-18(24(25,26)27)17(20)14-32-7-6-16(13-32)37(2)35/h3-5,12,16,30H,6-11,13-14,28H2,1-2H3. The minimum Gasteiger partial charge on any atom is -0.396 e. The fraction of sp³-hybridized carbons (Fsp3) is 0.500. The van der Waals surface area contributed by atoms with Gasteiger partial charge in [0.25, 0.3) is 0 Å². The molecule has 2 unspecified atom stereocenters. The number of nitrogen functional groups attached to an aromatic ring is 1. The Kier molecular flexibility index (Phi) is 7.03. The molecule has 4 heterocycles. The van der Waals surface area contributed by atoms with Gasteiger partial charge in [-0.3, -0.25) is 9.11 Å². The number of nitrogens with two attached hydrogens (primary N) is 1. The van der Waals surface area contributed by atoms with Crippen LogP contribution in [0.4, 0.5) is 36.2 Å². The minimum absolute atomic E-state index is 0.0405. The monoisotopic (exact) mass is 537 g/mol. The van der Waals surface area contributed by atoms with Crippen LogP contribution < -0.4 is 16.0 Å². The first-order valence-corrected chi connectivity index (χ1v) is 13.7. The molecule has 0 spiro atoms. The number of benzene rings is 1. The Labute approximate surface area is 215 Å². The van der Waals surface area contributed by atoms with Gasteiger partial charge < -0.3 is 20.7 Å². The molecule has 0 radical (unpaired) electrons. The predicted molar refractivity (Wildman–Crippen MR) is 138 cm³/mol. The van der Waals surface area contributed by atoms with Crippen molar-refractivity contribution in [1.82, 2.24) is 19.5 Å². The zero-order valence-electron chi connectivity index (χ0n) is 20.7. The molecular weight excluding hydrogens is 507 g/mol. The first-order valence-electron chi connectivity index (χ1n) is 12.1. The van der Waals surface area contributed by atoms with Gasteiger partial charge in [-0.05, 0) is 32.0 Å². The van der Waals surface area contributed by atoms with Gasteiger partial charge in [0.2, 0.25) is 0 Å². The van der Waals surface area contributed by atoms with Crippen LogP contribution in [0.5, 0.6) is 0 Å². The lowest BCUT2D eigenvalue weighted by molar-refractivity contribution is -0.138. The van der Waals surface area contributed by atoms with Crippen LogP contribution in [0.15, 0.2) is 24.3 Å². The number of nitrogens with zero attached hydrogens (tertiary/aromatic N) is 5. The maximum absolute atomic E-state index is 14.1. The van der Waals surface area contributed by atoms with Crippen LogP contribution in [0, 0.1) is 6.92 Å². The summed E-state index contributed by atoms with van der Waals surface area (Å²) in [5.74, 6) is 1.10. The summed E-state index contributed by atoms with van der Waals surface area (Å²) >= 11 is 0. The molecule has 2 aromatic heterocycles. The van der Waals surface area contributed by atoms with Crippen molar-refractivity contribution in [3.05, 3.63) is 41.1 Å². The van der Waals surface area contributed by atoms with E-state index in [0.717, 1.165) is 6.07 Å². The van der Waals surface area contributed by atoms with Gasteiger partial charge in [-0.15, -0.1) is 5.10 Å². The number of ether oxygens (including phenoxy) is 1. The molecule has 2 fully saturated rings. The molecule has 0 bridgehead atoms. The predicted octanol–water partition coefficient (Wildman–Crippen LogP) is 3.17. The number of alkyl halides is 3. The summed E-state index contributed by atoms with van der Waals surface area (Å²) in [4.78, 5) is 8.51. The Bertz CT molecular complexity index is 1320. The Balaban J connectivity index is 1.54. The molecule has 5 rings (SSSR count). The zero-order chi connectivity index (χ0) is 26.3. The summed E-state index contributed by atoms with van der Waals surface area (Å²) < 4.78 is 61.1. The normalized spacial score (nSPS) is 20.0. The fourth-order valence-corrected chi connectivity index (χ4v) is 5.79. The van der Waals surface area contributed by atoms with Gasteiger partial charge in [-0.2, -0.15) is 17.7 Å². The van der Waals surface area contributed by atoms with Gasteiger partial charge in [-0.25, -0.2) is 4.98 Å². The highest BCUT2D eigenvalue weighted by molar-refractivity contribution is 7.84. The second-order valence-corrected chi connectivity index (χ2v) is 11.1. The first kappa shape index (κ1) is 25.7. The van der Waals surface area contributed by atoms with Crippen molar-refractivity contribution in [2.75, 3.05) is 61.6 Å². The van der Waals surface area contributed by atoms with Crippen molar-refractivity contribution < 1.29 is 22.1 Å². The van der Waals surface area contributed by atoms with Gasteiger partial charge >= 0.3 is 6.18 Å². The van der Waals surface area contributed by atoms with E-state index in [1.165, 1.54) is 6.07 Å². The minimum atomic E-state index is -4.53. The van der Waals surface area contributed by atoms with E-state index in [4.69, 9.17) is 15.6 Å². The average molecular weight is 538 g/mol. The Morgan fingerprint density at radius 3 is 2.68 bits per heavy atom. The van der Waals surface area contributed by atoms with Crippen LogP contribution in [0.3, 0.4) is 0 Å². The van der Waals surface area contributed by atoms with E-state index in [1.807, 2.05) is 4.90 Å². The molecule has 2 aliphatic heterocycles. The molecule has 3 N–H and O–H groups in total. The Morgan fingerprint density at radius 2 is 2.00 bits per heavy atom. The van der Waals surface area contributed by atoms with E-state index in [2.05, 4.69) is 15.2 Å². The number of halogens is 3. The fourth-order valence-electron chi connectivity index (χ4n) is 4.93. The number of likely N-dealkylation sites (tertiary alicyclic amines) is 1. The van der Waals surface area contributed by atoms with Gasteiger partial charge in [0.1, 0.15) is 0 Å². The molecule has 2 atom stereocenters. The number of rotatable bonds is 6. The van der Waals surface area contributed by atoms with E-state index < -0.39 is 22.5 Å². The highest BCUT2D eigenvalue weighted by atomic mass is 32.2. The lowest BCUT2D eigenvalue weighted by atomic mass is 10.0. The van der Waals surface area contributed by atoms with Crippen LogP contribution >= 0.6 is 0 Å². The highest BCUT2D eigenvalue weighted by Gasteiger charge is 2.36. The summed E-state index contributed by atoms with van der Waals surface area (Å²) in [6.45, 7) is 5.39. The number of imidazole rings is 1. The molecule has 13 heteroatoms. The number of hydrogen-bond donors (Lipinski definition) is 2. The van der Waals surface area contributed by atoms with Crippen LogP contribution in [0.25, 0.3) is 5.65 Å². The quantitative estimate of drug-likeness (QED) is 0.495. The molecule has 37 heavy (non-hydrogen) atoms. The number of anilines is 4. The average Bonchev–Trinajstić information content (AvgIpc) is 3.45. The third-order valence-corrected chi connectivity index (χ3v) is 8.25. The topological polar surface area (TPSA) is 101 Å². The lowest BCUT2D eigenvalue weighted by Gasteiger charge is -2.28. The smallest absolute Gasteiger partial charge is 0.396 e. The number of aromatic nitrogens is 3. The van der Waals surface area contributed by atoms with E-state index in [9.17, 15) is 17.4 Å². The molecule has 1 aromatic carbocycles. The summed E-state index contributed by atoms with van der Waals surface area (Å²) in [7, 11) is -1.02. The lowest BCUT2D eigenvalue weighted by Crippen LogP contribution is -2.37. The van der Waals surface area contributed by atoms with Crippen molar-refractivity contribution in [1.29, 1.82) is 0 Å². The maximum atomic E-state index is 14.1. The summed E-state index contributed by atoms with van der Waals surface area (Å²) in [6, 6.07) is 5.88. The van der Waals surface area contributed by atoms with Gasteiger partial charge in [0.15, 0.2) is 17.3 Å². The first-order chi connectivity index (χ1) is 17.6. The molecule has 2 aliphatic rings. The van der Waals surface area contributed by atoms with Crippen molar-refractivity contribution in [3.8, 4) is 0 Å². The maximum Gasteiger partial charge on any atom is 0.416 e. The van der Waals surface area contributed by atoms with Crippen molar-refractivity contribution in [3.63, 3.8) is 0 Å². The number of aryl methyl sites for hydroxylation is 1. The van der Waals surface area contributed by atoms with Crippen molar-refractivity contribution >= 4 is 39.5 Å². The Hall–Kier alpha value is -2.90. The molecule has 0 amide bonds.